The largest absolute Gasteiger partial charge is 0.490 e. The molecule has 1 heterocycles. The van der Waals surface area contributed by atoms with Crippen molar-refractivity contribution in [3.8, 4) is 11.5 Å². The third-order valence-electron chi connectivity index (χ3n) is 6.53. The zero-order valence-corrected chi connectivity index (χ0v) is 18.4. The molecular weight excluding hydrogens is 420 g/mol. The Morgan fingerprint density at radius 3 is 2.33 bits per heavy atom. The van der Waals surface area contributed by atoms with E-state index in [-0.39, 0.29) is 41.2 Å². The van der Waals surface area contributed by atoms with Crippen molar-refractivity contribution in [3.05, 3.63) is 71.3 Å². The summed E-state index contributed by atoms with van der Waals surface area (Å²) in [5, 5.41) is 5.21. The van der Waals surface area contributed by atoms with E-state index in [0.29, 0.717) is 23.5 Å². The molecule has 5 rings (SSSR count). The van der Waals surface area contributed by atoms with Crippen molar-refractivity contribution in [2.75, 3.05) is 6.61 Å². The number of fused-ring (bicyclic) bond motifs is 5. The number of amides is 2. The van der Waals surface area contributed by atoms with Crippen LogP contribution in [-0.2, 0) is 9.59 Å². The summed E-state index contributed by atoms with van der Waals surface area (Å²) in [6.45, 7) is 4.15. The smallest absolute Gasteiger partial charge is 0.343 e. The van der Waals surface area contributed by atoms with Crippen LogP contribution in [0.1, 0.15) is 34.8 Å². The minimum absolute atomic E-state index is 0.142. The van der Waals surface area contributed by atoms with Crippen molar-refractivity contribution in [2.45, 2.75) is 20.3 Å². The summed E-state index contributed by atoms with van der Waals surface area (Å²) in [7, 11) is 0. The lowest BCUT2D eigenvalue weighted by Crippen LogP contribution is -2.28. The van der Waals surface area contributed by atoms with Crippen LogP contribution in [0, 0.1) is 30.6 Å². The van der Waals surface area contributed by atoms with Gasteiger partial charge >= 0.3 is 5.97 Å². The first kappa shape index (κ1) is 21.1. The van der Waals surface area contributed by atoms with Crippen LogP contribution in [0.4, 0.5) is 0 Å². The Balaban J connectivity index is 1.33. The Morgan fingerprint density at radius 1 is 1.03 bits per heavy atom. The average Bonchev–Trinajstić information content (AvgIpc) is 3.49. The number of imide groups is 1. The van der Waals surface area contributed by atoms with Gasteiger partial charge in [-0.2, -0.15) is 10.1 Å². The average molecular weight is 444 g/mol. The fourth-order valence-electron chi connectivity index (χ4n) is 4.93. The molecule has 33 heavy (non-hydrogen) atoms. The molecule has 7 heteroatoms. The predicted molar refractivity (Wildman–Crippen MR) is 121 cm³/mol. The summed E-state index contributed by atoms with van der Waals surface area (Å²) in [5.74, 6) is -0.573. The number of benzene rings is 2. The molecule has 1 saturated carbocycles. The number of carbonyl (C=O) groups is 3. The molecule has 0 N–H and O–H groups in total. The highest BCUT2D eigenvalue weighted by Gasteiger charge is 2.59. The van der Waals surface area contributed by atoms with E-state index in [9.17, 15) is 14.4 Å². The van der Waals surface area contributed by atoms with Crippen LogP contribution in [0.15, 0.2) is 59.7 Å². The summed E-state index contributed by atoms with van der Waals surface area (Å²) in [6, 6.07) is 12.1. The number of rotatable bonds is 6. The first-order valence-electron chi connectivity index (χ1n) is 11.1. The standard InChI is InChI=1S/C26H24N2O5/c1-3-32-21-12-16(6-11-20(21)33-26(31)17-7-4-15(2)5-8-17)14-27-28-24(29)22-18-9-10-19(13-18)23(22)25(28)30/h4-12,14,18-19,22-23H,3,13H2,1-2H3/t18-,19-,22-,23+/m0/s1. The van der Waals surface area contributed by atoms with Crippen LogP contribution in [0.25, 0.3) is 0 Å². The van der Waals surface area contributed by atoms with Crippen LogP contribution in [0.2, 0.25) is 0 Å². The molecule has 3 aliphatic rings. The Morgan fingerprint density at radius 2 is 1.70 bits per heavy atom. The second-order valence-corrected chi connectivity index (χ2v) is 8.63. The molecule has 1 saturated heterocycles. The normalized spacial score (nSPS) is 25.2. The minimum Gasteiger partial charge on any atom is -0.490 e. The summed E-state index contributed by atoms with van der Waals surface area (Å²) < 4.78 is 11.2. The zero-order valence-electron chi connectivity index (χ0n) is 18.4. The predicted octanol–water partition coefficient (Wildman–Crippen LogP) is 3.75. The van der Waals surface area contributed by atoms with Gasteiger partial charge in [-0.05, 0) is 68.0 Å². The van der Waals surface area contributed by atoms with Gasteiger partial charge in [0.05, 0.1) is 30.2 Å². The lowest BCUT2D eigenvalue weighted by Gasteiger charge is -2.13. The Bertz CT molecular complexity index is 1150. The van der Waals surface area contributed by atoms with E-state index in [1.165, 1.54) is 6.21 Å². The Kier molecular flexibility index (Phi) is 5.32. The lowest BCUT2D eigenvalue weighted by molar-refractivity contribution is -0.140. The molecule has 2 aromatic carbocycles. The van der Waals surface area contributed by atoms with Gasteiger partial charge in [-0.15, -0.1) is 0 Å². The van der Waals surface area contributed by atoms with Gasteiger partial charge in [-0.3, -0.25) is 9.59 Å². The van der Waals surface area contributed by atoms with Gasteiger partial charge in [0.25, 0.3) is 11.8 Å². The van der Waals surface area contributed by atoms with E-state index in [1.54, 1.807) is 30.3 Å². The van der Waals surface area contributed by atoms with Gasteiger partial charge in [0.2, 0.25) is 0 Å². The molecule has 1 aliphatic heterocycles. The van der Waals surface area contributed by atoms with E-state index < -0.39 is 5.97 Å². The molecule has 0 radical (unpaired) electrons. The maximum absolute atomic E-state index is 12.8. The third-order valence-corrected chi connectivity index (χ3v) is 6.53. The summed E-state index contributed by atoms with van der Waals surface area (Å²) in [5.41, 5.74) is 2.11. The van der Waals surface area contributed by atoms with Gasteiger partial charge in [-0.1, -0.05) is 29.8 Å². The topological polar surface area (TPSA) is 85.3 Å². The molecule has 168 valence electrons. The summed E-state index contributed by atoms with van der Waals surface area (Å²) in [4.78, 5) is 38.1. The number of aryl methyl sites for hydroxylation is 1. The van der Waals surface area contributed by atoms with E-state index in [0.717, 1.165) is 17.0 Å². The number of allylic oxidation sites excluding steroid dienone is 2. The molecule has 4 atom stereocenters. The van der Waals surface area contributed by atoms with Crippen molar-refractivity contribution in [1.29, 1.82) is 0 Å². The number of nitrogens with zero attached hydrogens (tertiary/aromatic N) is 2. The first-order chi connectivity index (χ1) is 16.0. The molecule has 2 amide bonds. The van der Waals surface area contributed by atoms with E-state index in [2.05, 4.69) is 17.3 Å². The number of hydrogen-bond acceptors (Lipinski definition) is 6. The molecule has 2 aliphatic carbocycles. The van der Waals surface area contributed by atoms with Gasteiger partial charge in [0.15, 0.2) is 11.5 Å². The van der Waals surface area contributed by atoms with E-state index >= 15 is 0 Å². The van der Waals surface area contributed by atoms with Crippen LogP contribution in [0.3, 0.4) is 0 Å². The number of esters is 1. The molecule has 2 aromatic rings. The third kappa shape index (κ3) is 3.73. The van der Waals surface area contributed by atoms with Crippen molar-refractivity contribution in [3.63, 3.8) is 0 Å². The van der Waals surface area contributed by atoms with Gasteiger partial charge in [-0.25, -0.2) is 4.79 Å². The lowest BCUT2D eigenvalue weighted by atomic mass is 9.85. The fraction of sp³-hybridized carbons (Fsp3) is 0.308. The summed E-state index contributed by atoms with van der Waals surface area (Å²) in [6.07, 6.45) is 6.44. The molecular formula is C26H24N2O5. The Labute approximate surface area is 191 Å². The van der Waals surface area contributed by atoms with Crippen molar-refractivity contribution < 1.29 is 23.9 Å². The highest BCUT2D eigenvalue weighted by molar-refractivity contribution is 6.06. The highest BCUT2D eigenvalue weighted by Crippen LogP contribution is 2.52. The van der Waals surface area contributed by atoms with Crippen LogP contribution in [-0.4, -0.2) is 35.6 Å². The maximum Gasteiger partial charge on any atom is 0.343 e. The molecule has 0 aromatic heterocycles. The zero-order chi connectivity index (χ0) is 23.1. The molecule has 2 bridgehead atoms. The molecule has 0 spiro atoms. The quantitative estimate of drug-likeness (QED) is 0.223. The van der Waals surface area contributed by atoms with Crippen LogP contribution < -0.4 is 9.47 Å². The maximum atomic E-state index is 12.8. The second kappa shape index (κ2) is 8.31. The van der Waals surface area contributed by atoms with Gasteiger partial charge < -0.3 is 9.47 Å². The minimum atomic E-state index is -0.486. The fourth-order valence-corrected chi connectivity index (χ4v) is 4.93. The van der Waals surface area contributed by atoms with Gasteiger partial charge in [0.1, 0.15) is 0 Å². The molecule has 7 nitrogen and oxygen atoms in total. The highest BCUT2D eigenvalue weighted by atomic mass is 16.6. The number of hydrogen-bond donors (Lipinski definition) is 0. The van der Waals surface area contributed by atoms with Gasteiger partial charge in [0, 0.05) is 0 Å². The number of ether oxygens (including phenoxy) is 2. The van der Waals surface area contributed by atoms with Crippen molar-refractivity contribution >= 4 is 24.0 Å². The van der Waals surface area contributed by atoms with Crippen molar-refractivity contribution in [1.82, 2.24) is 5.01 Å². The SMILES string of the molecule is CCOc1cc(C=NN2C(=O)[C@@H]3[C@H](C2=O)[C@H]2C=C[C@H]3C2)ccc1OC(=O)c1ccc(C)cc1. The van der Waals surface area contributed by atoms with E-state index in [1.807, 2.05) is 26.0 Å². The second-order valence-electron chi connectivity index (χ2n) is 8.63. The Hall–Kier alpha value is -3.74. The summed E-state index contributed by atoms with van der Waals surface area (Å²) >= 11 is 0. The number of hydrazone groups is 1. The van der Waals surface area contributed by atoms with Crippen LogP contribution in [0.5, 0.6) is 11.5 Å². The molecule has 2 fully saturated rings. The van der Waals surface area contributed by atoms with Crippen LogP contribution >= 0.6 is 0 Å². The van der Waals surface area contributed by atoms with Crippen molar-refractivity contribution in [2.24, 2.45) is 28.8 Å². The number of carbonyl (C=O) groups excluding carboxylic acids is 3. The van der Waals surface area contributed by atoms with E-state index in [4.69, 9.17) is 9.47 Å². The monoisotopic (exact) mass is 444 g/mol. The first-order valence-corrected chi connectivity index (χ1v) is 11.1. The molecule has 0 unspecified atom stereocenters.